The first-order valence-corrected chi connectivity index (χ1v) is 8.02. The van der Waals surface area contributed by atoms with Crippen molar-refractivity contribution in [3.8, 4) is 5.75 Å². The van der Waals surface area contributed by atoms with Gasteiger partial charge in [-0.1, -0.05) is 31.2 Å². The predicted molar refractivity (Wildman–Crippen MR) is 93.9 cm³/mol. The number of aryl methyl sites for hydroxylation is 1. The van der Waals surface area contributed by atoms with E-state index in [1.807, 2.05) is 43.3 Å². The van der Waals surface area contributed by atoms with E-state index in [-0.39, 0.29) is 6.54 Å². The Bertz CT molecular complexity index is 679. The molecule has 0 aliphatic heterocycles. The van der Waals surface area contributed by atoms with Crippen LogP contribution in [0, 0.1) is 0 Å². The Morgan fingerprint density at radius 1 is 0.875 bits per heavy atom. The van der Waals surface area contributed by atoms with E-state index in [2.05, 4.69) is 17.6 Å². The highest BCUT2D eigenvalue weighted by Crippen LogP contribution is 2.12. The first kappa shape index (κ1) is 17.5. The molecule has 0 heterocycles. The molecule has 0 radical (unpaired) electrons. The molecule has 0 aromatic heterocycles. The Balaban J connectivity index is 1.83. The van der Waals surface area contributed by atoms with Crippen LogP contribution in [0.4, 0.5) is 5.69 Å². The SMILES string of the molecule is CCOc1ccc(CNC(=O)C(=O)Nc2ccc(CC)cc2)cc1. The molecular weight excluding hydrogens is 304 g/mol. The van der Waals surface area contributed by atoms with Crippen LogP contribution in [0.3, 0.4) is 0 Å². The molecule has 2 N–H and O–H groups in total. The fourth-order valence-corrected chi connectivity index (χ4v) is 2.14. The second kappa shape index (κ2) is 8.72. The maximum absolute atomic E-state index is 11.9. The molecule has 0 aliphatic rings. The third-order valence-corrected chi connectivity index (χ3v) is 3.51. The standard InChI is InChI=1S/C19H22N2O3/c1-3-14-5-9-16(10-6-14)21-19(23)18(22)20-13-15-7-11-17(12-8-15)24-4-2/h5-12H,3-4,13H2,1-2H3,(H,20,22)(H,21,23). The summed E-state index contributed by atoms with van der Waals surface area (Å²) in [6.45, 7) is 4.87. The lowest BCUT2D eigenvalue weighted by molar-refractivity contribution is -0.136. The summed E-state index contributed by atoms with van der Waals surface area (Å²) in [5, 5.41) is 5.19. The monoisotopic (exact) mass is 326 g/mol. The van der Waals surface area contributed by atoms with Crippen LogP contribution in [-0.4, -0.2) is 18.4 Å². The van der Waals surface area contributed by atoms with Crippen molar-refractivity contribution < 1.29 is 14.3 Å². The minimum atomic E-state index is -0.676. The number of hydrogen-bond donors (Lipinski definition) is 2. The summed E-state index contributed by atoms with van der Waals surface area (Å²) < 4.78 is 5.36. The number of anilines is 1. The highest BCUT2D eigenvalue weighted by molar-refractivity contribution is 6.39. The molecule has 2 rings (SSSR count). The zero-order valence-corrected chi connectivity index (χ0v) is 14.0. The Kier molecular flexibility index (Phi) is 6.37. The van der Waals surface area contributed by atoms with Crippen LogP contribution in [0.15, 0.2) is 48.5 Å². The van der Waals surface area contributed by atoms with Gasteiger partial charge in [-0.2, -0.15) is 0 Å². The number of hydrogen-bond acceptors (Lipinski definition) is 3. The third-order valence-electron chi connectivity index (χ3n) is 3.51. The minimum Gasteiger partial charge on any atom is -0.494 e. The van der Waals surface area contributed by atoms with E-state index in [0.29, 0.717) is 12.3 Å². The first-order chi connectivity index (χ1) is 11.6. The van der Waals surface area contributed by atoms with Crippen molar-refractivity contribution in [1.29, 1.82) is 0 Å². The smallest absolute Gasteiger partial charge is 0.313 e. The summed E-state index contributed by atoms with van der Waals surface area (Å²) in [7, 11) is 0. The number of carbonyl (C=O) groups is 2. The average Bonchev–Trinajstić information content (AvgIpc) is 2.61. The van der Waals surface area contributed by atoms with E-state index in [0.717, 1.165) is 17.7 Å². The molecule has 0 bridgehead atoms. The molecule has 0 spiro atoms. The van der Waals surface area contributed by atoms with Crippen LogP contribution in [0.2, 0.25) is 0 Å². The summed E-state index contributed by atoms with van der Waals surface area (Å²) in [6, 6.07) is 14.8. The lowest BCUT2D eigenvalue weighted by atomic mass is 10.1. The van der Waals surface area contributed by atoms with Crippen LogP contribution >= 0.6 is 0 Å². The lowest BCUT2D eigenvalue weighted by Gasteiger charge is -2.08. The van der Waals surface area contributed by atoms with Gasteiger partial charge in [0.1, 0.15) is 5.75 Å². The fourth-order valence-electron chi connectivity index (χ4n) is 2.14. The van der Waals surface area contributed by atoms with Gasteiger partial charge >= 0.3 is 11.8 Å². The van der Waals surface area contributed by atoms with Gasteiger partial charge < -0.3 is 15.4 Å². The molecule has 126 valence electrons. The van der Waals surface area contributed by atoms with Gasteiger partial charge in [-0.25, -0.2) is 0 Å². The average molecular weight is 326 g/mol. The number of benzene rings is 2. The molecule has 5 heteroatoms. The zero-order chi connectivity index (χ0) is 17.4. The quantitative estimate of drug-likeness (QED) is 0.802. The van der Waals surface area contributed by atoms with E-state index < -0.39 is 11.8 Å². The largest absolute Gasteiger partial charge is 0.494 e. The highest BCUT2D eigenvalue weighted by atomic mass is 16.5. The number of ether oxygens (including phenoxy) is 1. The van der Waals surface area contributed by atoms with Crippen LogP contribution in [-0.2, 0) is 22.6 Å². The topological polar surface area (TPSA) is 67.4 Å². The first-order valence-electron chi connectivity index (χ1n) is 8.02. The molecule has 2 aromatic rings. The summed E-state index contributed by atoms with van der Waals surface area (Å²) >= 11 is 0. The highest BCUT2D eigenvalue weighted by Gasteiger charge is 2.13. The summed E-state index contributed by atoms with van der Waals surface area (Å²) in [6.07, 6.45) is 0.927. The van der Waals surface area contributed by atoms with Crippen molar-refractivity contribution in [2.24, 2.45) is 0 Å². The van der Waals surface area contributed by atoms with Crippen LogP contribution in [0.1, 0.15) is 25.0 Å². The minimum absolute atomic E-state index is 0.285. The van der Waals surface area contributed by atoms with E-state index in [4.69, 9.17) is 4.74 Å². The van der Waals surface area contributed by atoms with Gasteiger partial charge in [0.2, 0.25) is 0 Å². The van der Waals surface area contributed by atoms with Gasteiger partial charge in [-0.15, -0.1) is 0 Å². The van der Waals surface area contributed by atoms with Crippen molar-refractivity contribution in [1.82, 2.24) is 5.32 Å². The molecule has 5 nitrogen and oxygen atoms in total. The van der Waals surface area contributed by atoms with Gasteiger partial charge in [0, 0.05) is 12.2 Å². The molecule has 0 unspecified atom stereocenters. The van der Waals surface area contributed by atoms with Crippen molar-refractivity contribution in [3.05, 3.63) is 59.7 Å². The van der Waals surface area contributed by atoms with E-state index in [9.17, 15) is 9.59 Å². The fraction of sp³-hybridized carbons (Fsp3) is 0.263. The molecule has 0 atom stereocenters. The molecule has 2 aromatic carbocycles. The molecule has 0 saturated carbocycles. The van der Waals surface area contributed by atoms with Gasteiger partial charge in [0.25, 0.3) is 0 Å². The predicted octanol–water partition coefficient (Wildman–Crippen LogP) is 2.90. The Hall–Kier alpha value is -2.82. The van der Waals surface area contributed by atoms with E-state index >= 15 is 0 Å². The van der Waals surface area contributed by atoms with Crippen molar-refractivity contribution in [3.63, 3.8) is 0 Å². The number of rotatable bonds is 6. The Morgan fingerprint density at radius 2 is 1.50 bits per heavy atom. The molecular formula is C19H22N2O3. The van der Waals surface area contributed by atoms with Crippen molar-refractivity contribution >= 4 is 17.5 Å². The molecule has 0 saturated heterocycles. The molecule has 0 aliphatic carbocycles. The maximum atomic E-state index is 11.9. The van der Waals surface area contributed by atoms with Crippen LogP contribution in [0.5, 0.6) is 5.75 Å². The number of amides is 2. The van der Waals surface area contributed by atoms with Gasteiger partial charge in [0.05, 0.1) is 6.61 Å². The molecule has 2 amide bonds. The zero-order valence-electron chi connectivity index (χ0n) is 14.0. The van der Waals surface area contributed by atoms with Gasteiger partial charge in [0.15, 0.2) is 0 Å². The Labute approximate surface area is 142 Å². The second-order valence-corrected chi connectivity index (χ2v) is 5.26. The lowest BCUT2D eigenvalue weighted by Crippen LogP contribution is -2.34. The van der Waals surface area contributed by atoms with Crippen molar-refractivity contribution in [2.45, 2.75) is 26.8 Å². The Morgan fingerprint density at radius 3 is 2.08 bits per heavy atom. The van der Waals surface area contributed by atoms with E-state index in [1.54, 1.807) is 12.1 Å². The molecule has 0 fully saturated rings. The van der Waals surface area contributed by atoms with Crippen LogP contribution in [0.25, 0.3) is 0 Å². The second-order valence-electron chi connectivity index (χ2n) is 5.26. The molecule has 24 heavy (non-hydrogen) atoms. The van der Waals surface area contributed by atoms with Gasteiger partial charge in [-0.3, -0.25) is 9.59 Å². The van der Waals surface area contributed by atoms with Crippen molar-refractivity contribution in [2.75, 3.05) is 11.9 Å². The summed E-state index contributed by atoms with van der Waals surface area (Å²) in [5.74, 6) is -0.561. The normalized spacial score (nSPS) is 10.1. The number of nitrogens with one attached hydrogen (secondary N) is 2. The third kappa shape index (κ3) is 5.12. The van der Waals surface area contributed by atoms with Crippen LogP contribution < -0.4 is 15.4 Å². The van der Waals surface area contributed by atoms with Gasteiger partial charge in [-0.05, 0) is 48.7 Å². The summed E-state index contributed by atoms with van der Waals surface area (Å²) in [5.41, 5.74) is 2.67. The van der Waals surface area contributed by atoms with E-state index in [1.165, 1.54) is 5.56 Å². The maximum Gasteiger partial charge on any atom is 0.313 e. The summed E-state index contributed by atoms with van der Waals surface area (Å²) in [4.78, 5) is 23.7. The number of carbonyl (C=O) groups excluding carboxylic acids is 2.